The molecule has 3 saturated heterocycles. The monoisotopic (exact) mass is 795 g/mol. The Bertz CT molecular complexity index is 1530. The Morgan fingerprint density at radius 2 is 0.818 bits per heavy atom. The van der Waals surface area contributed by atoms with E-state index in [1.165, 1.54) is 21.9 Å². The van der Waals surface area contributed by atoms with E-state index < -0.39 is 12.1 Å². The van der Waals surface area contributed by atoms with Crippen LogP contribution in [0.4, 0.5) is 0 Å². The van der Waals surface area contributed by atoms with Gasteiger partial charge < -0.3 is 40.1 Å². The minimum atomic E-state index is -1.22. The van der Waals surface area contributed by atoms with Gasteiger partial charge >= 0.3 is 19.5 Å². The van der Waals surface area contributed by atoms with Gasteiger partial charge in [0.15, 0.2) is 0 Å². The molecule has 3 fully saturated rings. The number of carbonyl (C=O) groups is 1. The first kappa shape index (κ1) is 42.5. The molecule has 4 aromatic carbocycles. The van der Waals surface area contributed by atoms with Crippen molar-refractivity contribution in [1.29, 1.82) is 0 Å². The molecule has 0 unspecified atom stereocenters. The number of carboxylic acid groups (broad SMARTS) is 1. The Morgan fingerprint density at radius 1 is 0.564 bits per heavy atom. The number of hydrogen-bond donors (Lipinski definition) is 3. The molecule has 0 radical (unpaired) electrons. The molecule has 0 bridgehead atoms. The molecule has 0 saturated carbocycles. The van der Waals surface area contributed by atoms with Crippen molar-refractivity contribution in [1.82, 2.24) is 20.9 Å². The summed E-state index contributed by atoms with van der Waals surface area (Å²) in [5, 5.41) is 18.2. The molecule has 3 N–H and O–H groups in total. The Labute approximate surface area is 337 Å². The van der Waals surface area contributed by atoms with Gasteiger partial charge in [-0.1, -0.05) is 121 Å². The molecule has 284 valence electrons. The largest absolute Gasteiger partial charge is 2.00 e. The number of aliphatic carboxylic acids is 1. The van der Waals surface area contributed by atoms with Crippen LogP contribution in [0.2, 0.25) is 0 Å². The van der Waals surface area contributed by atoms with Crippen LogP contribution in [0, 0.1) is 0 Å². The first-order chi connectivity index (χ1) is 26.6. The maximum atomic E-state index is 8.89. The van der Waals surface area contributed by atoms with Crippen LogP contribution >= 0.6 is 0 Å². The molecule has 12 nitrogen and oxygen atoms in total. The van der Waals surface area contributed by atoms with E-state index in [1.807, 2.05) is 0 Å². The first-order valence-corrected chi connectivity index (χ1v) is 18.6. The Kier molecular flexibility index (Phi) is 18.2. The summed E-state index contributed by atoms with van der Waals surface area (Å²) >= 11 is 0. The van der Waals surface area contributed by atoms with Crippen molar-refractivity contribution in [3.63, 3.8) is 0 Å². The zero-order valence-electron chi connectivity index (χ0n) is 31.6. The van der Waals surface area contributed by atoms with Gasteiger partial charge in [-0.15, -0.1) is 0 Å². The van der Waals surface area contributed by atoms with Crippen LogP contribution in [0.25, 0.3) is 0 Å². The molecular weight excluding hydrogens is 747 g/mol. The Hall–Kier alpha value is -5.19. The molecule has 0 aromatic heterocycles. The fourth-order valence-corrected chi connectivity index (χ4v) is 6.71. The number of nitrogens with zero attached hydrogens (tertiary/aromatic N) is 4. The van der Waals surface area contributed by atoms with Gasteiger partial charge in [-0.25, -0.2) is 15.0 Å². The Morgan fingerprint density at radius 3 is 1.04 bits per heavy atom. The predicted octanol–water partition coefficient (Wildman–Crippen LogP) is 0.0335. The summed E-state index contributed by atoms with van der Waals surface area (Å²) in [6.07, 6.45) is -1.22. The van der Waals surface area contributed by atoms with Crippen molar-refractivity contribution in [2.75, 3.05) is 78.7 Å². The SMILES string of the molecule is C(CN(CCN=C1NCCO1)CCN=C1NCCO1)N=C1NCCO1.CC(=O)[O-].[Zn+2].c1ccc([B-](c2ccccc2)(c2ccccc2)c2ccccc2)cc1. The van der Waals surface area contributed by atoms with Crippen LogP contribution in [0.15, 0.2) is 136 Å². The molecule has 55 heavy (non-hydrogen) atoms. The molecule has 3 heterocycles. The van der Waals surface area contributed by atoms with Crippen LogP contribution in [0.3, 0.4) is 0 Å². The second kappa shape index (κ2) is 23.6. The van der Waals surface area contributed by atoms with E-state index in [4.69, 9.17) is 24.1 Å². The maximum absolute atomic E-state index is 8.89. The second-order valence-electron chi connectivity index (χ2n) is 12.7. The third-order valence-electron chi connectivity index (χ3n) is 9.06. The van der Waals surface area contributed by atoms with E-state index in [0.717, 1.165) is 46.2 Å². The Balaban J connectivity index is 0.000000219. The average Bonchev–Trinajstić information content (AvgIpc) is 4.03. The van der Waals surface area contributed by atoms with Crippen molar-refractivity contribution in [3.8, 4) is 0 Å². The van der Waals surface area contributed by atoms with Crippen molar-refractivity contribution in [2.45, 2.75) is 6.92 Å². The third kappa shape index (κ3) is 13.3. The quantitative estimate of drug-likeness (QED) is 0.160. The number of hydrogen-bond acceptors (Lipinski definition) is 9. The first-order valence-electron chi connectivity index (χ1n) is 18.6. The predicted molar refractivity (Wildman–Crippen MR) is 216 cm³/mol. The van der Waals surface area contributed by atoms with Gasteiger partial charge in [-0.3, -0.25) is 4.90 Å². The maximum Gasteiger partial charge on any atom is 2.00 e. The zero-order valence-corrected chi connectivity index (χ0v) is 34.6. The van der Waals surface area contributed by atoms with Crippen molar-refractivity contribution in [2.24, 2.45) is 15.0 Å². The van der Waals surface area contributed by atoms with Crippen molar-refractivity contribution >= 4 is 52.0 Å². The number of nitrogens with one attached hydrogen (secondary N) is 3. The molecule has 0 atom stereocenters. The molecule has 0 spiro atoms. The van der Waals surface area contributed by atoms with Crippen molar-refractivity contribution in [3.05, 3.63) is 121 Å². The summed E-state index contributed by atoms with van der Waals surface area (Å²) in [6, 6.07) is 45.5. The number of amidine groups is 3. The summed E-state index contributed by atoms with van der Waals surface area (Å²) in [5.41, 5.74) is 5.36. The van der Waals surface area contributed by atoms with Gasteiger partial charge in [0.05, 0.1) is 39.3 Å². The normalized spacial score (nSPS) is 16.5. The number of carboxylic acids is 1. The number of aliphatic imine (C=N–C) groups is 3. The van der Waals surface area contributed by atoms with Crippen LogP contribution < -0.4 is 42.9 Å². The average molecular weight is 797 g/mol. The number of carbonyl (C=O) groups excluding carboxylic acids is 1. The third-order valence-corrected chi connectivity index (χ3v) is 9.06. The van der Waals surface area contributed by atoms with Gasteiger partial charge in [0.25, 0.3) is 18.1 Å². The van der Waals surface area contributed by atoms with E-state index >= 15 is 0 Å². The summed E-state index contributed by atoms with van der Waals surface area (Å²) in [4.78, 5) is 24.5. The number of rotatable bonds is 13. The number of ether oxygens (including phenoxy) is 3. The van der Waals surface area contributed by atoms with E-state index in [-0.39, 0.29) is 19.5 Å². The summed E-state index contributed by atoms with van der Waals surface area (Å²) in [6.45, 7) is 10.1. The van der Waals surface area contributed by atoms with E-state index in [9.17, 15) is 0 Å². The van der Waals surface area contributed by atoms with Crippen LogP contribution in [0.1, 0.15) is 6.92 Å². The van der Waals surface area contributed by atoms with Gasteiger partial charge in [-0.2, -0.15) is 21.9 Å². The van der Waals surface area contributed by atoms with E-state index in [2.05, 4.69) is 157 Å². The molecule has 7 rings (SSSR count). The minimum absolute atomic E-state index is 0. The molecule has 0 aliphatic carbocycles. The minimum Gasteiger partial charge on any atom is -0.550 e. The van der Waals surface area contributed by atoms with Crippen molar-refractivity contribution < 1.29 is 43.6 Å². The molecule has 3 aliphatic rings. The summed E-state index contributed by atoms with van der Waals surface area (Å²) in [5.74, 6) is -1.08. The number of benzene rings is 4. The summed E-state index contributed by atoms with van der Waals surface area (Å²) < 4.78 is 16.1. The second-order valence-corrected chi connectivity index (χ2v) is 12.7. The fraction of sp³-hybridized carbons (Fsp3) is 0.317. The van der Waals surface area contributed by atoms with E-state index in [0.29, 0.717) is 57.5 Å². The van der Waals surface area contributed by atoms with Gasteiger partial charge in [-0.05, 0) is 6.92 Å². The molecule has 14 heteroatoms. The van der Waals surface area contributed by atoms with Gasteiger partial charge in [0, 0.05) is 25.6 Å². The fourth-order valence-electron chi connectivity index (χ4n) is 6.71. The molecule has 4 aromatic rings. The molecule has 3 aliphatic heterocycles. The topological polar surface area (TPSA) is 144 Å². The van der Waals surface area contributed by atoms with Crippen LogP contribution in [0.5, 0.6) is 0 Å². The zero-order chi connectivity index (χ0) is 37.7. The molecule has 0 amide bonds. The van der Waals surface area contributed by atoms with Gasteiger partial charge in [0.2, 0.25) is 0 Å². The van der Waals surface area contributed by atoms with Crippen LogP contribution in [-0.2, 0) is 38.5 Å². The van der Waals surface area contributed by atoms with Crippen LogP contribution in [-0.4, -0.2) is 114 Å². The summed E-state index contributed by atoms with van der Waals surface area (Å²) in [7, 11) is 0. The standard InChI is InChI=1S/C24H20B.C15H27N7O3.C2H4O2.Zn/c1-5-13-21(14-6-1)25(22-15-7-2-8-16-22,23-17-9-3-10-18-23)24-19-11-4-12-20-24;1(16-13-19-4-10-23-13)7-22(8-2-17-14-20-5-11-24-14)9-3-18-15-21-6-12-25-15;1-2(3)4;/h1-20H;1-12H2,(H,16,19)(H,17,20)(H,18,21);1H3,(H,3,4);/q-1;;;+2/p-1. The molecular formula is C41H50BN7O5Zn. The van der Waals surface area contributed by atoms with Gasteiger partial charge in [0.1, 0.15) is 26.0 Å². The smallest absolute Gasteiger partial charge is 0.550 e. The van der Waals surface area contributed by atoms with E-state index in [1.54, 1.807) is 0 Å².